The summed E-state index contributed by atoms with van der Waals surface area (Å²) in [4.78, 5) is 27.0. The molecule has 4 aromatic rings. The van der Waals surface area contributed by atoms with Gasteiger partial charge in [0.05, 0.1) is 34.9 Å². The molecule has 166 valence electrons. The van der Waals surface area contributed by atoms with Gasteiger partial charge in [0.15, 0.2) is 0 Å². The van der Waals surface area contributed by atoms with Gasteiger partial charge in [0.25, 0.3) is 11.5 Å². The zero-order valence-electron chi connectivity index (χ0n) is 17.9. The number of benzene rings is 2. The number of aromatic nitrogens is 4. The molecule has 2 aromatic carbocycles. The molecule has 8 heteroatoms. The molecule has 1 aliphatic carbocycles. The predicted octanol–water partition coefficient (Wildman–Crippen LogP) is 3.38. The van der Waals surface area contributed by atoms with Crippen LogP contribution in [0.1, 0.15) is 51.8 Å². The van der Waals surface area contributed by atoms with Crippen LogP contribution in [0.4, 0.5) is 4.39 Å². The summed E-state index contributed by atoms with van der Waals surface area (Å²) in [5.74, 6) is -0.877. The molecule has 1 N–H and O–H groups in total. The topological polar surface area (TPSA) is 83.9 Å². The summed E-state index contributed by atoms with van der Waals surface area (Å²) in [7, 11) is 0. The number of nitrogens with one attached hydrogen (secondary N) is 1. The first kappa shape index (κ1) is 19.8. The fourth-order valence-electron chi connectivity index (χ4n) is 4.54. The van der Waals surface area contributed by atoms with Gasteiger partial charge in [0.1, 0.15) is 5.82 Å². The van der Waals surface area contributed by atoms with Gasteiger partial charge in [-0.05, 0) is 48.6 Å². The van der Waals surface area contributed by atoms with Crippen LogP contribution in [-0.2, 0) is 19.4 Å². The summed E-state index contributed by atoms with van der Waals surface area (Å²) in [5, 5.41) is 12.7. The van der Waals surface area contributed by atoms with E-state index in [4.69, 9.17) is 0 Å². The van der Waals surface area contributed by atoms with Crippen molar-refractivity contribution < 1.29 is 9.18 Å². The number of carbonyl (C=O) groups excluding carboxylic acids is 1. The maximum atomic E-state index is 14.7. The number of hydrogen-bond acceptors (Lipinski definition) is 4. The Morgan fingerprint density at radius 1 is 1.15 bits per heavy atom. The van der Waals surface area contributed by atoms with E-state index in [0.717, 1.165) is 35.9 Å². The number of aromatic amines is 1. The minimum atomic E-state index is -0.544. The number of hydrogen-bond donors (Lipinski definition) is 1. The van der Waals surface area contributed by atoms with Crippen LogP contribution < -0.4 is 5.56 Å². The molecule has 0 saturated heterocycles. The molecule has 1 aliphatic heterocycles. The molecule has 1 saturated carbocycles. The van der Waals surface area contributed by atoms with Gasteiger partial charge in [0, 0.05) is 24.5 Å². The Hall–Kier alpha value is -3.81. The van der Waals surface area contributed by atoms with E-state index in [1.807, 2.05) is 16.8 Å². The second-order valence-electron chi connectivity index (χ2n) is 8.82. The number of nitrogens with zero attached hydrogens (tertiary/aromatic N) is 4. The number of fused-ring (bicyclic) bond motifs is 2. The first-order chi connectivity index (χ1) is 16.1. The Morgan fingerprint density at radius 2 is 1.97 bits per heavy atom. The SMILES string of the molecule is O=C(c1cc(Cc2n[nH]c(=O)c3ccccc23)ccc1F)N1CCc2cn(C3CC3)nc2C1. The van der Waals surface area contributed by atoms with Gasteiger partial charge in [-0.1, -0.05) is 24.3 Å². The van der Waals surface area contributed by atoms with Crippen molar-refractivity contribution >= 4 is 16.7 Å². The number of carbonyl (C=O) groups is 1. The molecule has 0 atom stereocenters. The first-order valence-corrected chi connectivity index (χ1v) is 11.2. The van der Waals surface area contributed by atoms with E-state index in [1.54, 1.807) is 29.2 Å². The Kier molecular flexibility index (Phi) is 4.60. The van der Waals surface area contributed by atoms with Crippen molar-refractivity contribution in [2.24, 2.45) is 0 Å². The molecule has 6 rings (SSSR count). The summed E-state index contributed by atoms with van der Waals surface area (Å²) < 4.78 is 16.7. The van der Waals surface area contributed by atoms with Crippen LogP contribution in [0, 0.1) is 5.82 Å². The van der Waals surface area contributed by atoms with E-state index in [2.05, 4.69) is 21.5 Å². The Labute approximate surface area is 188 Å². The van der Waals surface area contributed by atoms with Gasteiger partial charge < -0.3 is 4.90 Å². The van der Waals surface area contributed by atoms with Crippen molar-refractivity contribution in [3.8, 4) is 0 Å². The van der Waals surface area contributed by atoms with Crippen molar-refractivity contribution in [2.45, 2.75) is 38.3 Å². The van der Waals surface area contributed by atoms with Crippen LogP contribution in [0.5, 0.6) is 0 Å². The lowest BCUT2D eigenvalue weighted by Gasteiger charge is -2.26. The molecule has 0 unspecified atom stereocenters. The van der Waals surface area contributed by atoms with E-state index in [-0.39, 0.29) is 17.0 Å². The van der Waals surface area contributed by atoms with Crippen LogP contribution in [0.15, 0.2) is 53.5 Å². The van der Waals surface area contributed by atoms with Gasteiger partial charge in [-0.2, -0.15) is 10.2 Å². The third kappa shape index (κ3) is 3.61. The van der Waals surface area contributed by atoms with Gasteiger partial charge in [-0.15, -0.1) is 0 Å². The molecule has 1 amide bonds. The average molecular weight is 443 g/mol. The minimum absolute atomic E-state index is 0.0475. The van der Waals surface area contributed by atoms with Crippen molar-refractivity contribution in [3.63, 3.8) is 0 Å². The lowest BCUT2D eigenvalue weighted by atomic mass is 10.0. The van der Waals surface area contributed by atoms with Crippen LogP contribution in [-0.4, -0.2) is 37.3 Å². The Morgan fingerprint density at radius 3 is 2.79 bits per heavy atom. The molecular formula is C25H22FN5O2. The van der Waals surface area contributed by atoms with Crippen molar-refractivity contribution in [1.82, 2.24) is 24.9 Å². The number of halogens is 1. The number of H-pyrrole nitrogens is 1. The van der Waals surface area contributed by atoms with E-state index < -0.39 is 5.82 Å². The molecule has 0 radical (unpaired) electrons. The lowest BCUT2D eigenvalue weighted by molar-refractivity contribution is 0.0727. The predicted molar refractivity (Wildman–Crippen MR) is 121 cm³/mol. The van der Waals surface area contributed by atoms with E-state index in [1.165, 1.54) is 11.6 Å². The highest BCUT2D eigenvalue weighted by atomic mass is 19.1. The average Bonchev–Trinajstić information content (AvgIpc) is 3.60. The Bertz CT molecular complexity index is 1450. The molecule has 7 nitrogen and oxygen atoms in total. The molecular weight excluding hydrogens is 421 g/mol. The molecule has 2 aromatic heterocycles. The summed E-state index contributed by atoms with van der Waals surface area (Å²) in [5.41, 5.74) is 3.30. The second kappa shape index (κ2) is 7.65. The standard InChI is InChI=1S/C25H22FN5O2/c26-21-8-5-15(12-22-18-3-1-2-4-19(18)24(32)28-27-22)11-20(21)25(33)30-10-9-16-13-31(17-6-7-17)29-23(16)14-30/h1-5,8,11,13,17H,6-7,9-10,12,14H2,(H,28,32). The third-order valence-electron chi connectivity index (χ3n) is 6.50. The highest BCUT2D eigenvalue weighted by Gasteiger charge is 2.30. The molecule has 2 aliphatic rings. The van der Waals surface area contributed by atoms with Crippen LogP contribution in [0.25, 0.3) is 10.8 Å². The van der Waals surface area contributed by atoms with Gasteiger partial charge >= 0.3 is 0 Å². The molecule has 1 fully saturated rings. The molecule has 0 spiro atoms. The summed E-state index contributed by atoms with van der Waals surface area (Å²) in [6.07, 6.45) is 5.50. The van der Waals surface area contributed by atoms with Crippen LogP contribution in [0.3, 0.4) is 0 Å². The molecule has 3 heterocycles. The van der Waals surface area contributed by atoms with Crippen LogP contribution >= 0.6 is 0 Å². The highest BCUT2D eigenvalue weighted by molar-refractivity contribution is 5.95. The fraction of sp³-hybridized carbons (Fsp3) is 0.280. The van der Waals surface area contributed by atoms with Crippen molar-refractivity contribution in [1.29, 1.82) is 0 Å². The van der Waals surface area contributed by atoms with Crippen molar-refractivity contribution in [3.05, 3.63) is 92.9 Å². The van der Waals surface area contributed by atoms with Gasteiger partial charge in [0.2, 0.25) is 0 Å². The quantitative estimate of drug-likeness (QED) is 0.524. The number of rotatable bonds is 4. The minimum Gasteiger partial charge on any atom is -0.332 e. The summed E-state index contributed by atoms with van der Waals surface area (Å²) in [6, 6.07) is 12.3. The van der Waals surface area contributed by atoms with Gasteiger partial charge in [-0.25, -0.2) is 9.49 Å². The largest absolute Gasteiger partial charge is 0.332 e. The Balaban J connectivity index is 1.27. The van der Waals surface area contributed by atoms with Crippen LogP contribution in [0.2, 0.25) is 0 Å². The zero-order valence-corrected chi connectivity index (χ0v) is 17.9. The monoisotopic (exact) mass is 443 g/mol. The van der Waals surface area contributed by atoms with Crippen molar-refractivity contribution in [2.75, 3.05) is 6.54 Å². The highest BCUT2D eigenvalue weighted by Crippen LogP contribution is 2.35. The first-order valence-electron chi connectivity index (χ1n) is 11.2. The molecule has 33 heavy (non-hydrogen) atoms. The third-order valence-corrected chi connectivity index (χ3v) is 6.50. The fourth-order valence-corrected chi connectivity index (χ4v) is 4.54. The smallest absolute Gasteiger partial charge is 0.272 e. The van der Waals surface area contributed by atoms with E-state index in [9.17, 15) is 14.0 Å². The summed E-state index contributed by atoms with van der Waals surface area (Å²) >= 11 is 0. The van der Waals surface area contributed by atoms with E-state index in [0.29, 0.717) is 36.6 Å². The second-order valence-corrected chi connectivity index (χ2v) is 8.82. The van der Waals surface area contributed by atoms with E-state index >= 15 is 0 Å². The lowest BCUT2D eigenvalue weighted by Crippen LogP contribution is -2.36. The maximum Gasteiger partial charge on any atom is 0.272 e. The zero-order chi connectivity index (χ0) is 22.5. The van der Waals surface area contributed by atoms with Gasteiger partial charge in [-0.3, -0.25) is 14.3 Å². The normalized spacial score (nSPS) is 15.6. The molecule has 0 bridgehead atoms. The number of amides is 1. The maximum absolute atomic E-state index is 14.7. The summed E-state index contributed by atoms with van der Waals surface area (Å²) in [6.45, 7) is 0.932.